The molecule has 1 saturated heterocycles. The Morgan fingerprint density at radius 1 is 0.943 bits per heavy atom. The number of rotatable bonds is 7. The van der Waals surface area contributed by atoms with Gasteiger partial charge in [-0.3, -0.25) is 0 Å². The van der Waals surface area contributed by atoms with Crippen LogP contribution in [0.5, 0.6) is 0 Å². The quantitative estimate of drug-likeness (QED) is 0.426. The summed E-state index contributed by atoms with van der Waals surface area (Å²) >= 11 is 0. The van der Waals surface area contributed by atoms with E-state index in [1.54, 1.807) is 16.6 Å². The molecule has 3 heterocycles. The molecule has 0 bridgehead atoms. The third kappa shape index (κ3) is 5.31. The number of hydrogen-bond donors (Lipinski definition) is 1. The first-order valence-corrected chi connectivity index (χ1v) is 13.6. The third-order valence-electron chi connectivity index (χ3n) is 6.41. The largest absolute Gasteiger partial charge is 0.378 e. The van der Waals surface area contributed by atoms with Crippen LogP contribution in [0.1, 0.15) is 17.0 Å². The van der Waals surface area contributed by atoms with Gasteiger partial charge < -0.3 is 15.1 Å². The standard InChI is InChI=1S/C26H30N6O2S/c1-30-14-16-31(17-15-30)22-11-9-20(10-12-22)18-25-28-26-23(7-5-13-32(26)29-25)27-19-21-6-3-4-8-24(21)35(2,33)34/h3-13,27H,14-19H2,1-2H3. The zero-order valence-electron chi connectivity index (χ0n) is 20.1. The highest BCUT2D eigenvalue weighted by Gasteiger charge is 2.15. The van der Waals surface area contributed by atoms with E-state index in [1.165, 1.54) is 11.9 Å². The number of hydrogen-bond acceptors (Lipinski definition) is 7. The fraction of sp³-hybridized carbons (Fsp3) is 0.308. The minimum absolute atomic E-state index is 0.335. The fourth-order valence-electron chi connectivity index (χ4n) is 4.44. The van der Waals surface area contributed by atoms with Crippen LogP contribution in [0.25, 0.3) is 5.65 Å². The van der Waals surface area contributed by atoms with Gasteiger partial charge in [0.15, 0.2) is 21.3 Å². The Balaban J connectivity index is 1.30. The van der Waals surface area contributed by atoms with E-state index in [2.05, 4.69) is 51.5 Å². The number of nitrogens with one attached hydrogen (secondary N) is 1. The number of benzene rings is 2. The van der Waals surface area contributed by atoms with E-state index >= 15 is 0 Å². The Hall–Kier alpha value is -3.43. The van der Waals surface area contributed by atoms with Crippen molar-refractivity contribution >= 4 is 26.9 Å². The molecule has 0 amide bonds. The first-order valence-electron chi connectivity index (χ1n) is 11.8. The van der Waals surface area contributed by atoms with Crippen LogP contribution < -0.4 is 10.2 Å². The summed E-state index contributed by atoms with van der Waals surface area (Å²) in [6, 6.07) is 19.6. The van der Waals surface area contributed by atoms with Gasteiger partial charge >= 0.3 is 0 Å². The molecule has 1 aliphatic heterocycles. The van der Waals surface area contributed by atoms with Crippen molar-refractivity contribution in [2.24, 2.45) is 0 Å². The maximum absolute atomic E-state index is 12.1. The molecular weight excluding hydrogens is 460 g/mol. The first-order chi connectivity index (χ1) is 16.9. The monoisotopic (exact) mass is 490 g/mol. The SMILES string of the molecule is CN1CCN(c2ccc(Cc3nc4c(NCc5ccccc5S(C)(=O)=O)cccn4n3)cc2)CC1. The molecule has 0 spiro atoms. The Morgan fingerprint density at radius 3 is 2.43 bits per heavy atom. The summed E-state index contributed by atoms with van der Waals surface area (Å²) < 4.78 is 26.0. The second-order valence-corrected chi connectivity index (χ2v) is 11.1. The molecule has 1 N–H and O–H groups in total. The van der Waals surface area contributed by atoms with E-state index < -0.39 is 9.84 Å². The van der Waals surface area contributed by atoms with E-state index in [0.29, 0.717) is 23.5 Å². The first kappa shape index (κ1) is 23.3. The van der Waals surface area contributed by atoms with E-state index in [-0.39, 0.29) is 0 Å². The molecule has 1 fully saturated rings. The molecule has 4 aromatic rings. The summed E-state index contributed by atoms with van der Waals surface area (Å²) in [5, 5.41) is 8.00. The second-order valence-electron chi connectivity index (χ2n) is 9.09. The minimum atomic E-state index is -3.30. The van der Waals surface area contributed by atoms with E-state index in [4.69, 9.17) is 4.98 Å². The Morgan fingerprint density at radius 2 is 1.69 bits per heavy atom. The van der Waals surface area contributed by atoms with Crippen LogP contribution in [-0.2, 0) is 22.8 Å². The molecule has 35 heavy (non-hydrogen) atoms. The normalized spacial score (nSPS) is 15.0. The van der Waals surface area contributed by atoms with Gasteiger partial charge in [-0.15, -0.1) is 0 Å². The molecule has 182 valence electrons. The summed E-state index contributed by atoms with van der Waals surface area (Å²) in [7, 11) is -1.14. The fourth-order valence-corrected chi connectivity index (χ4v) is 5.38. The zero-order valence-corrected chi connectivity index (χ0v) is 20.9. The van der Waals surface area contributed by atoms with Crippen LogP contribution in [0.4, 0.5) is 11.4 Å². The summed E-state index contributed by atoms with van der Waals surface area (Å²) in [5.41, 5.74) is 4.66. The molecule has 2 aromatic heterocycles. The summed E-state index contributed by atoms with van der Waals surface area (Å²) in [6.07, 6.45) is 3.74. The molecule has 9 heteroatoms. The number of likely N-dealkylation sites (N-methyl/N-ethyl adjacent to an activating group) is 1. The van der Waals surface area contributed by atoms with Crippen molar-refractivity contribution in [3.05, 3.63) is 83.8 Å². The molecule has 5 rings (SSSR count). The maximum Gasteiger partial charge on any atom is 0.178 e. The number of fused-ring (bicyclic) bond motifs is 1. The number of piperazine rings is 1. The molecular formula is C26H30N6O2S. The summed E-state index contributed by atoms with van der Waals surface area (Å²) in [5.74, 6) is 0.739. The van der Waals surface area contributed by atoms with Gasteiger partial charge in [-0.2, -0.15) is 5.10 Å². The van der Waals surface area contributed by atoms with Gasteiger partial charge in [0, 0.05) is 57.3 Å². The average Bonchev–Trinajstić information content (AvgIpc) is 3.26. The van der Waals surface area contributed by atoms with Crippen LogP contribution in [0, 0.1) is 0 Å². The van der Waals surface area contributed by atoms with Gasteiger partial charge in [-0.1, -0.05) is 30.3 Å². The van der Waals surface area contributed by atoms with Crippen LogP contribution in [-0.4, -0.2) is 67.4 Å². The Kier molecular flexibility index (Phi) is 6.44. The van der Waals surface area contributed by atoms with Gasteiger partial charge in [0.1, 0.15) is 0 Å². The predicted molar refractivity (Wildman–Crippen MR) is 139 cm³/mol. The lowest BCUT2D eigenvalue weighted by Crippen LogP contribution is -2.44. The van der Waals surface area contributed by atoms with Crippen molar-refractivity contribution in [1.82, 2.24) is 19.5 Å². The van der Waals surface area contributed by atoms with Crippen LogP contribution >= 0.6 is 0 Å². The minimum Gasteiger partial charge on any atom is -0.378 e. The van der Waals surface area contributed by atoms with Gasteiger partial charge in [-0.25, -0.2) is 17.9 Å². The lowest BCUT2D eigenvalue weighted by molar-refractivity contribution is 0.313. The predicted octanol–water partition coefficient (Wildman–Crippen LogP) is 3.09. The van der Waals surface area contributed by atoms with Crippen molar-refractivity contribution in [3.63, 3.8) is 0 Å². The summed E-state index contributed by atoms with van der Waals surface area (Å²) in [4.78, 5) is 9.88. The molecule has 0 aliphatic carbocycles. The average molecular weight is 491 g/mol. The maximum atomic E-state index is 12.1. The van der Waals surface area contributed by atoms with Gasteiger partial charge in [0.05, 0.1) is 10.6 Å². The van der Waals surface area contributed by atoms with Crippen LogP contribution in [0.2, 0.25) is 0 Å². The van der Waals surface area contributed by atoms with Crippen molar-refractivity contribution in [1.29, 1.82) is 0 Å². The van der Waals surface area contributed by atoms with Crippen LogP contribution in [0.15, 0.2) is 71.8 Å². The smallest absolute Gasteiger partial charge is 0.178 e. The van der Waals surface area contributed by atoms with Crippen molar-refractivity contribution in [2.45, 2.75) is 17.9 Å². The zero-order chi connectivity index (χ0) is 24.4. The van der Waals surface area contributed by atoms with Crippen molar-refractivity contribution in [2.75, 3.05) is 49.7 Å². The molecule has 1 aliphatic rings. The van der Waals surface area contributed by atoms with Gasteiger partial charge in [-0.05, 0) is 48.5 Å². The molecule has 8 nitrogen and oxygen atoms in total. The lowest BCUT2D eigenvalue weighted by Gasteiger charge is -2.34. The van der Waals surface area contributed by atoms with Crippen LogP contribution in [0.3, 0.4) is 0 Å². The number of sulfone groups is 1. The Bertz CT molecular complexity index is 1420. The molecule has 0 radical (unpaired) electrons. The highest BCUT2D eigenvalue weighted by atomic mass is 32.2. The van der Waals surface area contributed by atoms with E-state index in [1.807, 2.05) is 30.5 Å². The highest BCUT2D eigenvalue weighted by molar-refractivity contribution is 7.90. The Labute approximate surface area is 206 Å². The van der Waals surface area contributed by atoms with Crippen molar-refractivity contribution < 1.29 is 8.42 Å². The van der Waals surface area contributed by atoms with Gasteiger partial charge in [0.25, 0.3) is 0 Å². The molecule has 0 atom stereocenters. The van der Waals surface area contributed by atoms with Gasteiger partial charge in [0.2, 0.25) is 0 Å². The number of aromatic nitrogens is 3. The lowest BCUT2D eigenvalue weighted by atomic mass is 10.1. The second kappa shape index (κ2) is 9.67. The number of nitrogens with zero attached hydrogens (tertiary/aromatic N) is 5. The topological polar surface area (TPSA) is 82.8 Å². The number of pyridine rings is 1. The molecule has 0 unspecified atom stereocenters. The number of anilines is 2. The molecule has 0 saturated carbocycles. The van der Waals surface area contributed by atoms with E-state index in [0.717, 1.165) is 48.8 Å². The molecule has 2 aromatic carbocycles. The highest BCUT2D eigenvalue weighted by Crippen LogP contribution is 2.21. The van der Waals surface area contributed by atoms with Crippen molar-refractivity contribution in [3.8, 4) is 0 Å². The third-order valence-corrected chi connectivity index (χ3v) is 7.61. The van der Waals surface area contributed by atoms with E-state index in [9.17, 15) is 8.42 Å². The summed E-state index contributed by atoms with van der Waals surface area (Å²) in [6.45, 7) is 4.65.